The SMILES string of the molecule is C=CCCC(N)c1ccc(C)cc1Cl. The van der Waals surface area contributed by atoms with Crippen LogP contribution in [0.15, 0.2) is 30.9 Å². The van der Waals surface area contributed by atoms with E-state index in [4.69, 9.17) is 17.3 Å². The van der Waals surface area contributed by atoms with Gasteiger partial charge in [0.1, 0.15) is 0 Å². The van der Waals surface area contributed by atoms with Gasteiger partial charge in [-0.3, -0.25) is 0 Å². The molecule has 0 saturated heterocycles. The number of halogens is 1. The van der Waals surface area contributed by atoms with Gasteiger partial charge in [-0.1, -0.05) is 29.8 Å². The largest absolute Gasteiger partial charge is 0.324 e. The van der Waals surface area contributed by atoms with Gasteiger partial charge in [0.05, 0.1) is 0 Å². The zero-order valence-electron chi connectivity index (χ0n) is 8.46. The van der Waals surface area contributed by atoms with Gasteiger partial charge < -0.3 is 5.73 Å². The Hall–Kier alpha value is -0.790. The number of aryl methyl sites for hydroxylation is 1. The summed E-state index contributed by atoms with van der Waals surface area (Å²) in [6, 6.07) is 6.01. The molecule has 0 heterocycles. The quantitative estimate of drug-likeness (QED) is 0.754. The lowest BCUT2D eigenvalue weighted by molar-refractivity contribution is 0.661. The van der Waals surface area contributed by atoms with Gasteiger partial charge in [-0.05, 0) is 37.0 Å². The van der Waals surface area contributed by atoms with E-state index in [2.05, 4.69) is 6.58 Å². The maximum atomic E-state index is 6.10. The Morgan fingerprint density at radius 2 is 2.29 bits per heavy atom. The lowest BCUT2D eigenvalue weighted by Crippen LogP contribution is -2.10. The molecule has 2 N–H and O–H groups in total. The smallest absolute Gasteiger partial charge is 0.0456 e. The Balaban J connectivity index is 2.78. The van der Waals surface area contributed by atoms with Crippen molar-refractivity contribution in [1.29, 1.82) is 0 Å². The summed E-state index contributed by atoms with van der Waals surface area (Å²) in [5, 5.41) is 0.765. The lowest BCUT2D eigenvalue weighted by Gasteiger charge is -2.12. The average molecular weight is 210 g/mol. The van der Waals surface area contributed by atoms with E-state index in [1.54, 1.807) is 0 Å². The summed E-state index contributed by atoms with van der Waals surface area (Å²) in [4.78, 5) is 0. The number of allylic oxidation sites excluding steroid dienone is 1. The summed E-state index contributed by atoms with van der Waals surface area (Å²) >= 11 is 6.10. The summed E-state index contributed by atoms with van der Waals surface area (Å²) in [5.41, 5.74) is 8.19. The van der Waals surface area contributed by atoms with Crippen LogP contribution in [-0.2, 0) is 0 Å². The zero-order chi connectivity index (χ0) is 10.6. The van der Waals surface area contributed by atoms with E-state index in [9.17, 15) is 0 Å². The Morgan fingerprint density at radius 1 is 1.57 bits per heavy atom. The van der Waals surface area contributed by atoms with E-state index in [0.29, 0.717) is 0 Å². The molecule has 0 bridgehead atoms. The molecule has 1 atom stereocenters. The first-order chi connectivity index (χ1) is 6.65. The molecule has 14 heavy (non-hydrogen) atoms. The third-order valence-corrected chi connectivity index (χ3v) is 2.56. The Morgan fingerprint density at radius 3 is 2.86 bits per heavy atom. The number of benzene rings is 1. The van der Waals surface area contributed by atoms with E-state index in [0.717, 1.165) is 29.0 Å². The number of rotatable bonds is 4. The van der Waals surface area contributed by atoms with Gasteiger partial charge in [-0.15, -0.1) is 6.58 Å². The van der Waals surface area contributed by atoms with Gasteiger partial charge >= 0.3 is 0 Å². The summed E-state index contributed by atoms with van der Waals surface area (Å²) in [5.74, 6) is 0. The molecular formula is C12H16ClN. The van der Waals surface area contributed by atoms with Crippen LogP contribution in [0.2, 0.25) is 5.02 Å². The van der Waals surface area contributed by atoms with Crippen molar-refractivity contribution in [2.24, 2.45) is 5.73 Å². The molecule has 0 fully saturated rings. The maximum absolute atomic E-state index is 6.10. The standard InChI is InChI=1S/C12H16ClN/c1-3-4-5-12(14)10-7-6-9(2)8-11(10)13/h3,6-8,12H,1,4-5,14H2,2H3. The minimum Gasteiger partial charge on any atom is -0.324 e. The van der Waals surface area contributed by atoms with Crippen LogP contribution >= 0.6 is 11.6 Å². The van der Waals surface area contributed by atoms with Crippen molar-refractivity contribution < 1.29 is 0 Å². The summed E-state index contributed by atoms with van der Waals surface area (Å²) in [6.45, 7) is 5.69. The van der Waals surface area contributed by atoms with Crippen molar-refractivity contribution in [3.8, 4) is 0 Å². The average Bonchev–Trinajstić information content (AvgIpc) is 2.14. The second-order valence-corrected chi connectivity index (χ2v) is 3.90. The fourth-order valence-corrected chi connectivity index (χ4v) is 1.76. The lowest BCUT2D eigenvalue weighted by atomic mass is 10.0. The Labute approximate surface area is 90.6 Å². The molecular weight excluding hydrogens is 194 g/mol. The van der Waals surface area contributed by atoms with Crippen LogP contribution in [-0.4, -0.2) is 0 Å². The minimum atomic E-state index is 0.0149. The van der Waals surface area contributed by atoms with Crippen LogP contribution < -0.4 is 5.73 Å². The highest BCUT2D eigenvalue weighted by Crippen LogP contribution is 2.25. The summed E-state index contributed by atoms with van der Waals surface area (Å²) < 4.78 is 0. The predicted octanol–water partition coefficient (Wildman–Crippen LogP) is 3.61. The van der Waals surface area contributed by atoms with Gasteiger partial charge in [0.25, 0.3) is 0 Å². The van der Waals surface area contributed by atoms with E-state index >= 15 is 0 Å². The minimum absolute atomic E-state index is 0.0149. The third kappa shape index (κ3) is 2.86. The monoisotopic (exact) mass is 209 g/mol. The number of hydrogen-bond acceptors (Lipinski definition) is 1. The van der Waals surface area contributed by atoms with Crippen LogP contribution in [0.25, 0.3) is 0 Å². The highest BCUT2D eigenvalue weighted by atomic mass is 35.5. The summed E-state index contributed by atoms with van der Waals surface area (Å²) in [7, 11) is 0. The van der Waals surface area contributed by atoms with Crippen molar-refractivity contribution in [1.82, 2.24) is 0 Å². The molecule has 1 unspecified atom stereocenters. The molecule has 0 aliphatic rings. The molecule has 0 aliphatic carbocycles. The maximum Gasteiger partial charge on any atom is 0.0456 e. The van der Waals surface area contributed by atoms with Crippen LogP contribution in [0.3, 0.4) is 0 Å². The molecule has 2 heteroatoms. The molecule has 1 rings (SSSR count). The fraction of sp³-hybridized carbons (Fsp3) is 0.333. The molecule has 76 valence electrons. The van der Waals surface area contributed by atoms with Crippen molar-refractivity contribution in [2.75, 3.05) is 0 Å². The number of nitrogens with two attached hydrogens (primary N) is 1. The van der Waals surface area contributed by atoms with E-state index in [-0.39, 0.29) is 6.04 Å². The van der Waals surface area contributed by atoms with E-state index in [1.165, 1.54) is 0 Å². The van der Waals surface area contributed by atoms with E-state index < -0.39 is 0 Å². The molecule has 1 aromatic carbocycles. The van der Waals surface area contributed by atoms with Gasteiger partial charge in [0.15, 0.2) is 0 Å². The van der Waals surface area contributed by atoms with Crippen LogP contribution in [0, 0.1) is 6.92 Å². The first-order valence-electron chi connectivity index (χ1n) is 4.77. The van der Waals surface area contributed by atoms with Crippen LogP contribution in [0.5, 0.6) is 0 Å². The van der Waals surface area contributed by atoms with Crippen molar-refractivity contribution in [3.63, 3.8) is 0 Å². The van der Waals surface area contributed by atoms with Crippen molar-refractivity contribution in [3.05, 3.63) is 47.0 Å². The van der Waals surface area contributed by atoms with Crippen molar-refractivity contribution in [2.45, 2.75) is 25.8 Å². The first kappa shape index (κ1) is 11.3. The van der Waals surface area contributed by atoms with Crippen LogP contribution in [0.4, 0.5) is 0 Å². The van der Waals surface area contributed by atoms with E-state index in [1.807, 2.05) is 31.2 Å². The molecule has 0 amide bonds. The molecule has 0 saturated carbocycles. The highest BCUT2D eigenvalue weighted by molar-refractivity contribution is 6.31. The predicted molar refractivity (Wildman–Crippen MR) is 62.5 cm³/mol. The molecule has 0 radical (unpaired) electrons. The van der Waals surface area contributed by atoms with Crippen molar-refractivity contribution >= 4 is 11.6 Å². The second-order valence-electron chi connectivity index (χ2n) is 3.50. The third-order valence-electron chi connectivity index (χ3n) is 2.24. The second kappa shape index (κ2) is 5.18. The molecule has 0 spiro atoms. The zero-order valence-corrected chi connectivity index (χ0v) is 9.22. The van der Waals surface area contributed by atoms with Gasteiger partial charge in [0, 0.05) is 11.1 Å². The fourth-order valence-electron chi connectivity index (χ4n) is 1.39. The highest BCUT2D eigenvalue weighted by Gasteiger charge is 2.08. The molecule has 1 aromatic rings. The van der Waals surface area contributed by atoms with Gasteiger partial charge in [-0.25, -0.2) is 0 Å². The Bertz CT molecular complexity index is 320. The molecule has 1 nitrogen and oxygen atoms in total. The molecule has 0 aliphatic heterocycles. The van der Waals surface area contributed by atoms with Crippen LogP contribution in [0.1, 0.15) is 30.0 Å². The topological polar surface area (TPSA) is 26.0 Å². The summed E-state index contributed by atoms with van der Waals surface area (Å²) in [6.07, 6.45) is 3.69. The van der Waals surface area contributed by atoms with Gasteiger partial charge in [-0.2, -0.15) is 0 Å². The normalized spacial score (nSPS) is 12.5. The van der Waals surface area contributed by atoms with Gasteiger partial charge in [0.2, 0.25) is 0 Å². The Kier molecular flexibility index (Phi) is 4.18. The first-order valence-corrected chi connectivity index (χ1v) is 5.15. The molecule has 0 aromatic heterocycles. The number of hydrogen-bond donors (Lipinski definition) is 1.